The molecular formula is C13H9. The maximum Gasteiger partial charge on any atom is 0.0402 e. The Morgan fingerprint density at radius 2 is 2.00 bits per heavy atom. The van der Waals surface area contributed by atoms with Crippen LogP contribution in [0.4, 0.5) is 0 Å². The van der Waals surface area contributed by atoms with Gasteiger partial charge in [-0.3, -0.25) is 0 Å². The SMILES string of the molecule is CC#Cc1[c]ccc2ccccc12. The first-order valence-electron chi connectivity index (χ1n) is 4.24. The molecule has 0 aliphatic heterocycles. The van der Waals surface area contributed by atoms with E-state index in [1.165, 1.54) is 10.8 Å². The predicted molar refractivity (Wildman–Crippen MR) is 55.3 cm³/mol. The normalized spacial score (nSPS) is 9.31. The van der Waals surface area contributed by atoms with Crippen LogP contribution < -0.4 is 0 Å². The molecule has 0 saturated carbocycles. The van der Waals surface area contributed by atoms with Gasteiger partial charge in [-0.2, -0.15) is 0 Å². The maximum absolute atomic E-state index is 3.14. The van der Waals surface area contributed by atoms with Gasteiger partial charge in [-0.1, -0.05) is 42.3 Å². The fourth-order valence-electron chi connectivity index (χ4n) is 1.39. The van der Waals surface area contributed by atoms with Crippen molar-refractivity contribution >= 4 is 10.8 Å². The molecule has 1 radical (unpaired) electrons. The summed E-state index contributed by atoms with van der Waals surface area (Å²) in [4.78, 5) is 0. The molecule has 13 heavy (non-hydrogen) atoms. The van der Waals surface area contributed by atoms with E-state index < -0.39 is 0 Å². The summed E-state index contributed by atoms with van der Waals surface area (Å²) in [6, 6.07) is 15.3. The van der Waals surface area contributed by atoms with Gasteiger partial charge in [-0.05, 0) is 23.8 Å². The van der Waals surface area contributed by atoms with Gasteiger partial charge in [0.25, 0.3) is 0 Å². The summed E-state index contributed by atoms with van der Waals surface area (Å²) < 4.78 is 0. The van der Waals surface area contributed by atoms with E-state index in [-0.39, 0.29) is 0 Å². The number of benzene rings is 2. The molecule has 0 nitrogen and oxygen atoms in total. The monoisotopic (exact) mass is 165 g/mol. The molecule has 0 saturated heterocycles. The topological polar surface area (TPSA) is 0 Å². The van der Waals surface area contributed by atoms with Crippen molar-refractivity contribution in [3.05, 3.63) is 48.0 Å². The zero-order chi connectivity index (χ0) is 9.10. The van der Waals surface area contributed by atoms with Crippen molar-refractivity contribution in [2.24, 2.45) is 0 Å². The van der Waals surface area contributed by atoms with Crippen LogP contribution in [0.25, 0.3) is 10.8 Å². The van der Waals surface area contributed by atoms with Gasteiger partial charge in [0.1, 0.15) is 0 Å². The molecule has 2 aromatic rings. The fourth-order valence-corrected chi connectivity index (χ4v) is 1.39. The molecule has 61 valence electrons. The Hall–Kier alpha value is -1.74. The second kappa shape index (κ2) is 3.33. The van der Waals surface area contributed by atoms with E-state index in [1.54, 1.807) is 0 Å². The van der Waals surface area contributed by atoms with Gasteiger partial charge in [0.2, 0.25) is 0 Å². The Morgan fingerprint density at radius 1 is 1.15 bits per heavy atom. The van der Waals surface area contributed by atoms with E-state index >= 15 is 0 Å². The third-order valence-corrected chi connectivity index (χ3v) is 1.97. The van der Waals surface area contributed by atoms with Crippen LogP contribution in [0, 0.1) is 17.9 Å². The van der Waals surface area contributed by atoms with Crippen LogP contribution in [0.15, 0.2) is 36.4 Å². The zero-order valence-electron chi connectivity index (χ0n) is 7.46. The molecule has 0 atom stereocenters. The molecule has 0 spiro atoms. The van der Waals surface area contributed by atoms with Gasteiger partial charge in [0.05, 0.1) is 0 Å². The maximum atomic E-state index is 3.14. The largest absolute Gasteiger partial charge is 0.101 e. The Kier molecular flexibility index (Phi) is 2.02. The second-order valence-corrected chi connectivity index (χ2v) is 2.81. The third-order valence-electron chi connectivity index (χ3n) is 1.97. The highest BCUT2D eigenvalue weighted by Crippen LogP contribution is 2.16. The summed E-state index contributed by atoms with van der Waals surface area (Å²) in [6.07, 6.45) is 0. The molecule has 0 aliphatic rings. The van der Waals surface area contributed by atoms with Crippen molar-refractivity contribution in [3.8, 4) is 11.8 Å². The molecule has 0 N–H and O–H groups in total. The Bertz CT molecular complexity index is 479. The average Bonchev–Trinajstić information content (AvgIpc) is 2.19. The molecule has 2 aromatic carbocycles. The minimum Gasteiger partial charge on any atom is -0.101 e. The smallest absolute Gasteiger partial charge is 0.0402 e. The van der Waals surface area contributed by atoms with Crippen LogP contribution in [0.1, 0.15) is 12.5 Å². The predicted octanol–water partition coefficient (Wildman–Crippen LogP) is 3.01. The lowest BCUT2D eigenvalue weighted by Gasteiger charge is -1.98. The first kappa shape index (κ1) is 7.89. The standard InChI is InChI=1S/C13H9/c1-2-6-11-8-5-9-12-7-3-4-10-13(11)12/h3-5,7,9-10H,1H3. The van der Waals surface area contributed by atoms with Crippen LogP contribution in [-0.2, 0) is 0 Å². The average molecular weight is 165 g/mol. The van der Waals surface area contributed by atoms with Crippen molar-refractivity contribution < 1.29 is 0 Å². The van der Waals surface area contributed by atoms with Crippen molar-refractivity contribution in [1.29, 1.82) is 0 Å². The van der Waals surface area contributed by atoms with Crippen LogP contribution in [0.2, 0.25) is 0 Å². The summed E-state index contributed by atoms with van der Waals surface area (Å²) in [5, 5.41) is 2.40. The Morgan fingerprint density at radius 3 is 2.85 bits per heavy atom. The Balaban J connectivity index is 2.80. The van der Waals surface area contributed by atoms with Crippen LogP contribution in [0.3, 0.4) is 0 Å². The molecule has 2 rings (SSSR count). The van der Waals surface area contributed by atoms with E-state index in [0.29, 0.717) is 0 Å². The van der Waals surface area contributed by atoms with E-state index in [4.69, 9.17) is 0 Å². The van der Waals surface area contributed by atoms with Gasteiger partial charge in [-0.25, -0.2) is 0 Å². The van der Waals surface area contributed by atoms with Crippen LogP contribution >= 0.6 is 0 Å². The second-order valence-electron chi connectivity index (χ2n) is 2.81. The van der Waals surface area contributed by atoms with Crippen molar-refractivity contribution in [3.63, 3.8) is 0 Å². The fraction of sp³-hybridized carbons (Fsp3) is 0.0769. The lowest BCUT2D eigenvalue weighted by atomic mass is 10.1. The number of hydrogen-bond acceptors (Lipinski definition) is 0. The van der Waals surface area contributed by atoms with E-state index in [1.807, 2.05) is 25.1 Å². The number of fused-ring (bicyclic) bond motifs is 1. The highest BCUT2D eigenvalue weighted by molar-refractivity contribution is 5.87. The number of hydrogen-bond donors (Lipinski definition) is 0. The molecule has 0 aliphatic carbocycles. The lowest BCUT2D eigenvalue weighted by molar-refractivity contribution is 1.68. The Labute approximate surface area is 78.2 Å². The minimum absolute atomic E-state index is 0.987. The minimum atomic E-state index is 0.987. The van der Waals surface area contributed by atoms with Crippen molar-refractivity contribution in [2.75, 3.05) is 0 Å². The van der Waals surface area contributed by atoms with Gasteiger partial charge < -0.3 is 0 Å². The molecule has 0 aromatic heterocycles. The third kappa shape index (κ3) is 1.41. The van der Waals surface area contributed by atoms with Crippen LogP contribution in [-0.4, -0.2) is 0 Å². The van der Waals surface area contributed by atoms with Gasteiger partial charge in [0.15, 0.2) is 0 Å². The molecule has 0 heteroatoms. The van der Waals surface area contributed by atoms with Crippen molar-refractivity contribution in [2.45, 2.75) is 6.92 Å². The molecule has 0 fully saturated rings. The van der Waals surface area contributed by atoms with Gasteiger partial charge >= 0.3 is 0 Å². The molecule has 0 bridgehead atoms. The quantitative estimate of drug-likeness (QED) is 0.526. The zero-order valence-corrected chi connectivity index (χ0v) is 7.46. The summed E-state index contributed by atoms with van der Waals surface area (Å²) in [6.45, 7) is 1.84. The highest BCUT2D eigenvalue weighted by atomic mass is 14.0. The summed E-state index contributed by atoms with van der Waals surface area (Å²) in [5.41, 5.74) is 0.987. The lowest BCUT2D eigenvalue weighted by Crippen LogP contribution is -1.78. The summed E-state index contributed by atoms with van der Waals surface area (Å²) in [5.74, 6) is 5.94. The summed E-state index contributed by atoms with van der Waals surface area (Å²) in [7, 11) is 0. The van der Waals surface area contributed by atoms with Crippen molar-refractivity contribution in [1.82, 2.24) is 0 Å². The van der Waals surface area contributed by atoms with Gasteiger partial charge in [-0.15, -0.1) is 5.92 Å². The van der Waals surface area contributed by atoms with Gasteiger partial charge in [0, 0.05) is 5.56 Å². The van der Waals surface area contributed by atoms with E-state index in [2.05, 4.69) is 36.1 Å². The van der Waals surface area contributed by atoms with E-state index in [0.717, 1.165) is 5.56 Å². The molecule has 0 amide bonds. The first-order valence-corrected chi connectivity index (χ1v) is 4.24. The summed E-state index contributed by atoms with van der Waals surface area (Å²) >= 11 is 0. The highest BCUT2D eigenvalue weighted by Gasteiger charge is 1.95. The van der Waals surface area contributed by atoms with Crippen LogP contribution in [0.5, 0.6) is 0 Å². The van der Waals surface area contributed by atoms with E-state index in [9.17, 15) is 0 Å². The first-order chi connectivity index (χ1) is 6.42. The molecular weight excluding hydrogens is 156 g/mol. The number of rotatable bonds is 0. The molecule has 0 heterocycles. The molecule has 0 unspecified atom stereocenters.